The van der Waals surface area contributed by atoms with Crippen molar-refractivity contribution < 1.29 is 5.11 Å². The number of aryl methyl sites for hydroxylation is 2. The molecule has 4 heteroatoms. The van der Waals surface area contributed by atoms with Crippen LogP contribution in [0.3, 0.4) is 0 Å². The van der Waals surface area contributed by atoms with Crippen LogP contribution >= 0.6 is 11.3 Å². The molecule has 0 saturated carbocycles. The first-order chi connectivity index (χ1) is 7.90. The van der Waals surface area contributed by atoms with Gasteiger partial charge in [0.25, 0.3) is 0 Å². The van der Waals surface area contributed by atoms with Crippen molar-refractivity contribution in [2.45, 2.75) is 53.2 Å². The fraction of sp³-hybridized carbons (Fsp3) is 0.769. The fourth-order valence-corrected chi connectivity index (χ4v) is 2.90. The number of aliphatic hydroxyl groups excluding tert-OH is 1. The average Bonchev–Trinajstić information content (AvgIpc) is 2.53. The second kappa shape index (κ2) is 6.47. The summed E-state index contributed by atoms with van der Waals surface area (Å²) in [6, 6.07) is 0.210. The largest absolute Gasteiger partial charge is 0.392 e. The van der Waals surface area contributed by atoms with Gasteiger partial charge in [0.15, 0.2) is 0 Å². The number of thiazole rings is 1. The molecule has 17 heavy (non-hydrogen) atoms. The van der Waals surface area contributed by atoms with Crippen molar-refractivity contribution in [1.29, 1.82) is 0 Å². The topological polar surface area (TPSA) is 45.2 Å². The van der Waals surface area contributed by atoms with E-state index in [9.17, 15) is 5.11 Å². The van der Waals surface area contributed by atoms with Gasteiger partial charge in [0.05, 0.1) is 16.8 Å². The number of aliphatic hydroxyl groups is 1. The maximum absolute atomic E-state index is 9.81. The molecule has 0 fully saturated rings. The van der Waals surface area contributed by atoms with Crippen molar-refractivity contribution in [3.63, 3.8) is 0 Å². The second-order valence-corrected chi connectivity index (χ2v) is 6.49. The maximum Gasteiger partial charge on any atom is 0.0900 e. The Balaban J connectivity index is 2.44. The Morgan fingerprint density at radius 1 is 1.29 bits per heavy atom. The summed E-state index contributed by atoms with van der Waals surface area (Å²) >= 11 is 1.73. The molecule has 0 bridgehead atoms. The third-order valence-corrected chi connectivity index (χ3v) is 3.65. The highest BCUT2D eigenvalue weighted by Crippen LogP contribution is 2.22. The van der Waals surface area contributed by atoms with E-state index in [4.69, 9.17) is 0 Å². The molecule has 2 N–H and O–H groups in total. The van der Waals surface area contributed by atoms with Crippen LogP contribution in [0.1, 0.15) is 48.8 Å². The van der Waals surface area contributed by atoms with E-state index in [-0.39, 0.29) is 12.1 Å². The Kier molecular flexibility index (Phi) is 5.56. The molecule has 0 amide bonds. The van der Waals surface area contributed by atoms with Crippen LogP contribution in [-0.2, 0) is 0 Å². The summed E-state index contributed by atoms with van der Waals surface area (Å²) in [5.74, 6) is 0.533. The van der Waals surface area contributed by atoms with Gasteiger partial charge in [-0.3, -0.25) is 0 Å². The quantitative estimate of drug-likeness (QED) is 0.822. The van der Waals surface area contributed by atoms with E-state index in [0.29, 0.717) is 12.5 Å². The maximum atomic E-state index is 9.81. The third-order valence-electron chi connectivity index (χ3n) is 2.75. The van der Waals surface area contributed by atoms with Crippen molar-refractivity contribution >= 4 is 11.3 Å². The van der Waals surface area contributed by atoms with Crippen LogP contribution in [0.4, 0.5) is 0 Å². The van der Waals surface area contributed by atoms with Gasteiger partial charge in [0, 0.05) is 17.5 Å². The van der Waals surface area contributed by atoms with Gasteiger partial charge in [-0.05, 0) is 33.1 Å². The van der Waals surface area contributed by atoms with Gasteiger partial charge >= 0.3 is 0 Å². The number of nitrogens with one attached hydrogen (secondary N) is 1. The van der Waals surface area contributed by atoms with E-state index >= 15 is 0 Å². The SMILES string of the molecule is Cc1nc(C(C)NCC(O)CC(C)C)c(C)s1. The molecule has 0 aliphatic heterocycles. The first-order valence-electron chi connectivity index (χ1n) is 6.25. The van der Waals surface area contributed by atoms with Crippen LogP contribution in [0.15, 0.2) is 0 Å². The predicted octanol–water partition coefficient (Wildman–Crippen LogP) is 2.82. The molecule has 1 heterocycles. The van der Waals surface area contributed by atoms with Gasteiger partial charge in [-0.15, -0.1) is 11.3 Å². The van der Waals surface area contributed by atoms with Crippen LogP contribution < -0.4 is 5.32 Å². The van der Waals surface area contributed by atoms with Crippen LogP contribution in [0, 0.1) is 19.8 Å². The Labute approximate surface area is 108 Å². The lowest BCUT2D eigenvalue weighted by Crippen LogP contribution is -2.30. The lowest BCUT2D eigenvalue weighted by molar-refractivity contribution is 0.143. The highest BCUT2D eigenvalue weighted by Gasteiger charge is 2.14. The smallest absolute Gasteiger partial charge is 0.0900 e. The minimum absolute atomic E-state index is 0.210. The lowest BCUT2D eigenvalue weighted by Gasteiger charge is -2.17. The van der Waals surface area contributed by atoms with E-state index in [0.717, 1.165) is 17.1 Å². The van der Waals surface area contributed by atoms with Crippen LogP contribution in [0.5, 0.6) is 0 Å². The number of aromatic nitrogens is 1. The molecule has 0 aliphatic rings. The summed E-state index contributed by atoms with van der Waals surface area (Å²) < 4.78 is 0. The van der Waals surface area contributed by atoms with Gasteiger partial charge in [-0.1, -0.05) is 13.8 Å². The monoisotopic (exact) mass is 256 g/mol. The van der Waals surface area contributed by atoms with Gasteiger partial charge in [-0.25, -0.2) is 4.98 Å². The highest BCUT2D eigenvalue weighted by atomic mass is 32.1. The Morgan fingerprint density at radius 2 is 1.94 bits per heavy atom. The summed E-state index contributed by atoms with van der Waals surface area (Å²) in [5, 5.41) is 14.3. The molecule has 0 spiro atoms. The molecule has 0 radical (unpaired) electrons. The summed E-state index contributed by atoms with van der Waals surface area (Å²) in [7, 11) is 0. The zero-order chi connectivity index (χ0) is 13.0. The van der Waals surface area contributed by atoms with Crippen LogP contribution in [0.2, 0.25) is 0 Å². The van der Waals surface area contributed by atoms with Crippen molar-refractivity contribution in [2.24, 2.45) is 5.92 Å². The first kappa shape index (κ1) is 14.6. The zero-order valence-corrected chi connectivity index (χ0v) is 12.3. The van der Waals surface area contributed by atoms with E-state index in [1.54, 1.807) is 11.3 Å². The summed E-state index contributed by atoms with van der Waals surface area (Å²) in [6.45, 7) is 11.1. The highest BCUT2D eigenvalue weighted by molar-refractivity contribution is 7.11. The van der Waals surface area contributed by atoms with Crippen molar-refractivity contribution in [2.75, 3.05) is 6.54 Å². The van der Waals surface area contributed by atoms with E-state index < -0.39 is 0 Å². The molecular formula is C13H24N2OS. The van der Waals surface area contributed by atoms with Crippen molar-refractivity contribution in [3.05, 3.63) is 15.6 Å². The van der Waals surface area contributed by atoms with Gasteiger partial charge in [0.2, 0.25) is 0 Å². The molecule has 2 unspecified atom stereocenters. The Morgan fingerprint density at radius 3 is 2.41 bits per heavy atom. The summed E-state index contributed by atoms with van der Waals surface area (Å²) in [5.41, 5.74) is 1.12. The van der Waals surface area contributed by atoms with E-state index in [1.165, 1.54) is 4.88 Å². The molecule has 98 valence electrons. The first-order valence-corrected chi connectivity index (χ1v) is 7.07. The van der Waals surface area contributed by atoms with Gasteiger partial charge < -0.3 is 10.4 Å². The summed E-state index contributed by atoms with van der Waals surface area (Å²) in [4.78, 5) is 5.79. The molecule has 1 aromatic rings. The lowest BCUT2D eigenvalue weighted by atomic mass is 10.1. The van der Waals surface area contributed by atoms with Crippen molar-refractivity contribution in [3.8, 4) is 0 Å². The number of hydrogen-bond acceptors (Lipinski definition) is 4. The molecular weight excluding hydrogens is 232 g/mol. The minimum atomic E-state index is -0.266. The number of nitrogens with zero attached hydrogens (tertiary/aromatic N) is 1. The van der Waals surface area contributed by atoms with Crippen molar-refractivity contribution in [1.82, 2.24) is 10.3 Å². The Bertz CT molecular complexity index is 349. The number of hydrogen-bond donors (Lipinski definition) is 2. The van der Waals surface area contributed by atoms with Gasteiger partial charge in [-0.2, -0.15) is 0 Å². The average molecular weight is 256 g/mol. The molecule has 3 nitrogen and oxygen atoms in total. The fourth-order valence-electron chi connectivity index (χ4n) is 1.98. The molecule has 1 aromatic heterocycles. The third kappa shape index (κ3) is 4.74. The molecule has 0 aromatic carbocycles. The molecule has 1 rings (SSSR count). The molecule has 0 aliphatic carbocycles. The minimum Gasteiger partial charge on any atom is -0.392 e. The Hall–Kier alpha value is -0.450. The zero-order valence-electron chi connectivity index (χ0n) is 11.4. The van der Waals surface area contributed by atoms with E-state index in [1.807, 2.05) is 6.92 Å². The van der Waals surface area contributed by atoms with Crippen LogP contribution in [0.25, 0.3) is 0 Å². The number of rotatable bonds is 6. The molecule has 2 atom stereocenters. The molecule has 0 saturated heterocycles. The van der Waals surface area contributed by atoms with Crippen LogP contribution in [-0.4, -0.2) is 22.7 Å². The van der Waals surface area contributed by atoms with Gasteiger partial charge in [0.1, 0.15) is 0 Å². The van der Waals surface area contributed by atoms with E-state index in [2.05, 4.69) is 38.0 Å². The normalized spacial score (nSPS) is 15.2. The predicted molar refractivity (Wildman–Crippen MR) is 73.5 cm³/mol. The summed E-state index contributed by atoms with van der Waals surface area (Å²) in [6.07, 6.45) is 0.576. The second-order valence-electron chi connectivity index (χ2n) is 5.09. The standard InChI is InChI=1S/C13H24N2OS/c1-8(2)6-12(16)7-14-9(3)13-10(4)17-11(5)15-13/h8-9,12,14,16H,6-7H2,1-5H3.